The average Bonchev–Trinajstić information content (AvgIpc) is 2.73. The smallest absolute Gasteiger partial charge is 0.218 e. The Morgan fingerprint density at radius 1 is 1.05 bits per heavy atom. The van der Waals surface area contributed by atoms with E-state index in [0.29, 0.717) is 21.4 Å². The summed E-state index contributed by atoms with van der Waals surface area (Å²) < 4.78 is 0. The standard InChI is InChI=1S/C15H11Cl2N3O/c1-8-2-4-12-10(6-8)14(15(21)18-12)20-19-13-5-3-9(16)7-11(13)17/h2-7,18,21H,1H3. The molecule has 3 rings (SSSR count). The van der Waals surface area contributed by atoms with Crippen LogP contribution in [0.25, 0.3) is 10.9 Å². The van der Waals surface area contributed by atoms with Gasteiger partial charge in [0, 0.05) is 10.4 Å². The summed E-state index contributed by atoms with van der Waals surface area (Å²) in [6, 6.07) is 10.7. The Morgan fingerprint density at radius 2 is 1.86 bits per heavy atom. The van der Waals surface area contributed by atoms with Crippen LogP contribution < -0.4 is 0 Å². The summed E-state index contributed by atoms with van der Waals surface area (Å²) >= 11 is 11.9. The zero-order valence-electron chi connectivity index (χ0n) is 11.1. The highest BCUT2D eigenvalue weighted by Gasteiger charge is 2.10. The van der Waals surface area contributed by atoms with Crippen molar-refractivity contribution in [1.82, 2.24) is 4.98 Å². The molecule has 2 aromatic carbocycles. The Hall–Kier alpha value is -2.04. The molecule has 0 atom stereocenters. The average molecular weight is 320 g/mol. The first-order valence-corrected chi connectivity index (χ1v) is 6.98. The highest BCUT2D eigenvalue weighted by atomic mass is 35.5. The van der Waals surface area contributed by atoms with E-state index in [9.17, 15) is 5.11 Å². The number of nitrogens with zero attached hydrogens (tertiary/aromatic N) is 2. The van der Waals surface area contributed by atoms with E-state index in [0.717, 1.165) is 16.5 Å². The second-order valence-corrected chi connectivity index (χ2v) is 5.51. The molecule has 106 valence electrons. The summed E-state index contributed by atoms with van der Waals surface area (Å²) in [6.45, 7) is 1.97. The van der Waals surface area contributed by atoms with Crippen molar-refractivity contribution in [3.05, 3.63) is 52.0 Å². The topological polar surface area (TPSA) is 60.7 Å². The third-order valence-corrected chi connectivity index (χ3v) is 3.61. The zero-order valence-corrected chi connectivity index (χ0v) is 12.6. The Kier molecular flexibility index (Phi) is 3.57. The van der Waals surface area contributed by atoms with E-state index < -0.39 is 0 Å². The Morgan fingerprint density at radius 3 is 2.62 bits per heavy atom. The maximum absolute atomic E-state index is 9.95. The van der Waals surface area contributed by atoms with Crippen LogP contribution in [-0.4, -0.2) is 10.1 Å². The van der Waals surface area contributed by atoms with E-state index in [2.05, 4.69) is 15.2 Å². The molecule has 3 aromatic rings. The van der Waals surface area contributed by atoms with Crippen LogP contribution >= 0.6 is 23.2 Å². The second kappa shape index (κ2) is 5.39. The maximum atomic E-state index is 9.95. The molecule has 0 aliphatic carbocycles. The third kappa shape index (κ3) is 2.73. The summed E-state index contributed by atoms with van der Waals surface area (Å²) in [5.74, 6) is -0.0237. The van der Waals surface area contributed by atoms with Crippen LogP contribution in [0.1, 0.15) is 5.56 Å². The number of aromatic nitrogens is 1. The van der Waals surface area contributed by atoms with Gasteiger partial charge in [0.1, 0.15) is 5.69 Å². The monoisotopic (exact) mass is 319 g/mol. The minimum absolute atomic E-state index is 0.0237. The van der Waals surface area contributed by atoms with Crippen molar-refractivity contribution < 1.29 is 5.11 Å². The predicted molar refractivity (Wildman–Crippen MR) is 85.3 cm³/mol. The number of azo groups is 1. The van der Waals surface area contributed by atoms with E-state index in [-0.39, 0.29) is 5.88 Å². The number of aromatic amines is 1. The van der Waals surface area contributed by atoms with Crippen LogP contribution in [0.2, 0.25) is 10.0 Å². The molecule has 0 saturated carbocycles. The highest BCUT2D eigenvalue weighted by Crippen LogP contribution is 2.37. The van der Waals surface area contributed by atoms with Crippen LogP contribution in [0.5, 0.6) is 5.88 Å². The van der Waals surface area contributed by atoms with Crippen molar-refractivity contribution in [3.8, 4) is 5.88 Å². The number of H-pyrrole nitrogens is 1. The largest absolute Gasteiger partial charge is 0.493 e. The van der Waals surface area contributed by atoms with Crippen molar-refractivity contribution in [2.24, 2.45) is 10.2 Å². The first-order chi connectivity index (χ1) is 10.0. The van der Waals surface area contributed by atoms with E-state index in [1.165, 1.54) is 0 Å². The lowest BCUT2D eigenvalue weighted by molar-refractivity contribution is 0.459. The van der Waals surface area contributed by atoms with Gasteiger partial charge in [-0.25, -0.2) is 0 Å². The number of hydrogen-bond acceptors (Lipinski definition) is 3. The number of hydrogen-bond donors (Lipinski definition) is 2. The van der Waals surface area contributed by atoms with E-state index >= 15 is 0 Å². The highest BCUT2D eigenvalue weighted by molar-refractivity contribution is 6.36. The van der Waals surface area contributed by atoms with Crippen molar-refractivity contribution >= 4 is 45.5 Å². The van der Waals surface area contributed by atoms with Gasteiger partial charge in [0.05, 0.1) is 10.5 Å². The molecule has 2 N–H and O–H groups in total. The number of nitrogens with one attached hydrogen (secondary N) is 1. The SMILES string of the molecule is Cc1ccc2[nH]c(O)c(N=Nc3ccc(Cl)cc3Cl)c2c1. The molecular weight excluding hydrogens is 309 g/mol. The lowest BCUT2D eigenvalue weighted by atomic mass is 10.2. The van der Waals surface area contributed by atoms with Gasteiger partial charge in [0.2, 0.25) is 5.88 Å². The number of fused-ring (bicyclic) bond motifs is 1. The van der Waals surface area contributed by atoms with Gasteiger partial charge < -0.3 is 10.1 Å². The van der Waals surface area contributed by atoms with Crippen molar-refractivity contribution in [3.63, 3.8) is 0 Å². The van der Waals surface area contributed by atoms with Gasteiger partial charge in [0.25, 0.3) is 0 Å². The molecular formula is C15H11Cl2N3O. The van der Waals surface area contributed by atoms with Gasteiger partial charge in [-0.15, -0.1) is 10.2 Å². The van der Waals surface area contributed by atoms with E-state index in [1.54, 1.807) is 18.2 Å². The van der Waals surface area contributed by atoms with Crippen LogP contribution in [-0.2, 0) is 0 Å². The molecule has 21 heavy (non-hydrogen) atoms. The molecule has 4 nitrogen and oxygen atoms in total. The molecule has 0 saturated heterocycles. The molecule has 0 aliphatic rings. The Balaban J connectivity index is 2.06. The number of halogens is 2. The fraction of sp³-hybridized carbons (Fsp3) is 0.0667. The van der Waals surface area contributed by atoms with Gasteiger partial charge in [-0.3, -0.25) is 0 Å². The molecule has 0 aliphatic heterocycles. The number of aromatic hydroxyl groups is 1. The van der Waals surface area contributed by atoms with Crippen LogP contribution in [0.15, 0.2) is 46.6 Å². The summed E-state index contributed by atoms with van der Waals surface area (Å²) in [5, 5.41) is 19.9. The lowest BCUT2D eigenvalue weighted by Gasteiger charge is -1.97. The maximum Gasteiger partial charge on any atom is 0.218 e. The van der Waals surface area contributed by atoms with Gasteiger partial charge in [-0.2, -0.15) is 0 Å². The van der Waals surface area contributed by atoms with E-state index in [1.807, 2.05) is 25.1 Å². The second-order valence-electron chi connectivity index (χ2n) is 4.67. The fourth-order valence-corrected chi connectivity index (χ4v) is 2.49. The molecule has 0 fully saturated rings. The first kappa shape index (κ1) is 13.9. The third-order valence-electron chi connectivity index (χ3n) is 3.08. The minimum Gasteiger partial charge on any atom is -0.493 e. The summed E-state index contributed by atoms with van der Waals surface area (Å²) in [4.78, 5) is 2.86. The summed E-state index contributed by atoms with van der Waals surface area (Å²) in [6.07, 6.45) is 0. The number of rotatable bonds is 2. The molecule has 0 spiro atoms. The van der Waals surface area contributed by atoms with Gasteiger partial charge >= 0.3 is 0 Å². The lowest BCUT2D eigenvalue weighted by Crippen LogP contribution is -1.71. The molecule has 0 bridgehead atoms. The zero-order chi connectivity index (χ0) is 15.0. The van der Waals surface area contributed by atoms with E-state index in [4.69, 9.17) is 23.2 Å². The minimum atomic E-state index is -0.0237. The Bertz CT molecular complexity index is 855. The van der Waals surface area contributed by atoms with Crippen LogP contribution in [0.4, 0.5) is 11.4 Å². The van der Waals surface area contributed by atoms with Crippen molar-refractivity contribution in [1.29, 1.82) is 0 Å². The van der Waals surface area contributed by atoms with Crippen LogP contribution in [0, 0.1) is 6.92 Å². The molecule has 1 aromatic heterocycles. The van der Waals surface area contributed by atoms with Crippen LogP contribution in [0.3, 0.4) is 0 Å². The fourth-order valence-electron chi connectivity index (χ4n) is 2.04. The molecule has 1 heterocycles. The predicted octanol–water partition coefficient (Wildman–Crippen LogP) is 5.90. The summed E-state index contributed by atoms with van der Waals surface area (Å²) in [5.41, 5.74) is 2.75. The van der Waals surface area contributed by atoms with Gasteiger partial charge in [-0.05, 0) is 37.3 Å². The molecule has 0 radical (unpaired) electrons. The first-order valence-electron chi connectivity index (χ1n) is 6.22. The number of benzene rings is 2. The summed E-state index contributed by atoms with van der Waals surface area (Å²) in [7, 11) is 0. The quantitative estimate of drug-likeness (QED) is 0.567. The Labute approximate surface area is 131 Å². The van der Waals surface area contributed by atoms with Gasteiger partial charge in [0.15, 0.2) is 5.69 Å². The molecule has 6 heteroatoms. The molecule has 0 unspecified atom stereocenters. The van der Waals surface area contributed by atoms with Gasteiger partial charge in [-0.1, -0.05) is 34.8 Å². The normalized spacial score (nSPS) is 11.6. The number of aryl methyl sites for hydroxylation is 1. The van der Waals surface area contributed by atoms with Crippen molar-refractivity contribution in [2.75, 3.05) is 0 Å². The van der Waals surface area contributed by atoms with Crippen molar-refractivity contribution in [2.45, 2.75) is 6.92 Å². The molecule has 0 amide bonds.